The highest BCUT2D eigenvalue weighted by Gasteiger charge is 2.15. The van der Waals surface area contributed by atoms with E-state index in [4.69, 9.17) is 10.8 Å². The molecule has 0 unspecified atom stereocenters. The molecule has 0 aliphatic heterocycles. The summed E-state index contributed by atoms with van der Waals surface area (Å²) in [6.07, 6.45) is 2.12. The zero-order chi connectivity index (χ0) is 16.4. The van der Waals surface area contributed by atoms with Gasteiger partial charge < -0.3 is 10.8 Å². The minimum atomic E-state index is -0.846. The molecule has 1 amide bonds. The average molecular weight is 309 g/mol. The maximum absolute atomic E-state index is 11.8. The first kappa shape index (κ1) is 14.8. The number of nitrogens with zero attached hydrogens (tertiary/aromatic N) is 2. The Kier molecular flexibility index (Phi) is 3.80. The van der Waals surface area contributed by atoms with E-state index in [1.165, 1.54) is 0 Å². The van der Waals surface area contributed by atoms with Crippen molar-refractivity contribution >= 4 is 22.9 Å². The van der Waals surface area contributed by atoms with Crippen molar-refractivity contribution in [3.63, 3.8) is 0 Å². The summed E-state index contributed by atoms with van der Waals surface area (Å²) in [7, 11) is 0. The van der Waals surface area contributed by atoms with Crippen molar-refractivity contribution in [3.05, 3.63) is 59.9 Å². The number of rotatable bonds is 5. The number of benzene rings is 1. The third-order valence-corrected chi connectivity index (χ3v) is 3.61. The van der Waals surface area contributed by atoms with Crippen LogP contribution in [0, 0.1) is 0 Å². The molecule has 6 heteroatoms. The van der Waals surface area contributed by atoms with Gasteiger partial charge in [-0.25, -0.2) is 4.98 Å². The molecule has 23 heavy (non-hydrogen) atoms. The van der Waals surface area contributed by atoms with Gasteiger partial charge >= 0.3 is 5.97 Å². The zero-order valence-electron chi connectivity index (χ0n) is 12.3. The average Bonchev–Trinajstić information content (AvgIpc) is 2.93. The van der Waals surface area contributed by atoms with Crippen LogP contribution < -0.4 is 5.73 Å². The Morgan fingerprint density at radius 2 is 2.00 bits per heavy atom. The highest BCUT2D eigenvalue weighted by atomic mass is 16.4. The van der Waals surface area contributed by atoms with Crippen molar-refractivity contribution < 1.29 is 14.7 Å². The Balaban J connectivity index is 2.12. The van der Waals surface area contributed by atoms with E-state index in [0.29, 0.717) is 17.8 Å². The summed E-state index contributed by atoms with van der Waals surface area (Å²) in [5.41, 5.74) is 8.07. The van der Waals surface area contributed by atoms with E-state index in [2.05, 4.69) is 4.98 Å². The smallest absolute Gasteiger partial charge is 0.303 e. The fourth-order valence-electron chi connectivity index (χ4n) is 2.58. The van der Waals surface area contributed by atoms with Crippen LogP contribution in [0.25, 0.3) is 16.7 Å². The number of nitrogens with two attached hydrogens (primary N) is 1. The molecule has 0 atom stereocenters. The minimum Gasteiger partial charge on any atom is -0.481 e. The molecular formula is C17H15N3O3. The van der Waals surface area contributed by atoms with Gasteiger partial charge in [-0.1, -0.05) is 12.1 Å². The molecule has 0 aliphatic rings. The predicted octanol–water partition coefficient (Wildman–Crippen LogP) is 2.14. The second-order valence-corrected chi connectivity index (χ2v) is 5.21. The number of aryl methyl sites for hydroxylation is 1. The summed E-state index contributed by atoms with van der Waals surface area (Å²) in [5, 5.41) is 9.63. The lowest BCUT2D eigenvalue weighted by Gasteiger charge is -2.10. The molecule has 0 radical (unpaired) electrons. The van der Waals surface area contributed by atoms with Gasteiger partial charge in [0, 0.05) is 23.7 Å². The van der Waals surface area contributed by atoms with Gasteiger partial charge in [0.15, 0.2) is 0 Å². The number of carbonyl (C=O) groups excluding carboxylic acids is 1. The van der Waals surface area contributed by atoms with Gasteiger partial charge in [0.25, 0.3) is 5.91 Å². The Morgan fingerprint density at radius 1 is 1.17 bits per heavy atom. The minimum absolute atomic E-state index is 0.0524. The summed E-state index contributed by atoms with van der Waals surface area (Å²) in [4.78, 5) is 26.8. The predicted molar refractivity (Wildman–Crippen MR) is 85.5 cm³/mol. The molecular weight excluding hydrogens is 294 g/mol. The monoisotopic (exact) mass is 309 g/mol. The number of fused-ring (bicyclic) bond motifs is 1. The maximum atomic E-state index is 11.8. The van der Waals surface area contributed by atoms with E-state index in [0.717, 1.165) is 16.6 Å². The molecule has 1 aromatic carbocycles. The van der Waals surface area contributed by atoms with E-state index in [1.54, 1.807) is 22.9 Å². The Morgan fingerprint density at radius 3 is 2.74 bits per heavy atom. The number of aromatic nitrogens is 2. The van der Waals surface area contributed by atoms with Crippen molar-refractivity contribution in [3.8, 4) is 5.69 Å². The molecule has 0 saturated heterocycles. The molecule has 0 aliphatic carbocycles. The van der Waals surface area contributed by atoms with Crippen molar-refractivity contribution in [1.29, 1.82) is 0 Å². The topological polar surface area (TPSA) is 98.2 Å². The quantitative estimate of drug-likeness (QED) is 0.754. The normalized spacial score (nSPS) is 10.8. The second-order valence-electron chi connectivity index (χ2n) is 5.21. The molecule has 0 fully saturated rings. The van der Waals surface area contributed by atoms with Crippen LogP contribution in [0.1, 0.15) is 22.5 Å². The van der Waals surface area contributed by atoms with E-state index in [-0.39, 0.29) is 6.42 Å². The van der Waals surface area contributed by atoms with Crippen LogP contribution in [0.5, 0.6) is 0 Å². The summed E-state index contributed by atoms with van der Waals surface area (Å²) in [6.45, 7) is 0. The third-order valence-electron chi connectivity index (χ3n) is 3.61. The van der Waals surface area contributed by atoms with E-state index >= 15 is 0 Å². The summed E-state index contributed by atoms with van der Waals surface area (Å²) in [5.74, 6) is -1.39. The number of hydrogen-bond donors (Lipinski definition) is 2. The molecule has 2 aromatic heterocycles. The van der Waals surface area contributed by atoms with Crippen LogP contribution in [-0.2, 0) is 11.2 Å². The highest BCUT2D eigenvalue weighted by Crippen LogP contribution is 2.23. The van der Waals surface area contributed by atoms with Gasteiger partial charge in [0.05, 0.1) is 0 Å². The summed E-state index contributed by atoms with van der Waals surface area (Å²) < 4.78 is 1.70. The van der Waals surface area contributed by atoms with Gasteiger partial charge in [-0.15, -0.1) is 0 Å². The Bertz CT molecular complexity index is 899. The van der Waals surface area contributed by atoms with Crippen LogP contribution in [-0.4, -0.2) is 26.5 Å². The standard InChI is InChI=1S/C17H15N3O3/c18-16(23)14-10-12-4-2-8-19-17(12)20(14)13-5-1-3-11(9-13)6-7-15(21)22/h1-5,8-10H,6-7H2,(H2,18,23)(H,21,22). The van der Waals surface area contributed by atoms with Crippen LogP contribution in [0.2, 0.25) is 0 Å². The van der Waals surface area contributed by atoms with Crippen molar-refractivity contribution in [2.24, 2.45) is 5.73 Å². The zero-order valence-corrected chi connectivity index (χ0v) is 12.3. The van der Waals surface area contributed by atoms with Crippen LogP contribution in [0.15, 0.2) is 48.7 Å². The summed E-state index contributed by atoms with van der Waals surface area (Å²) in [6, 6.07) is 12.7. The first-order valence-electron chi connectivity index (χ1n) is 7.13. The second kappa shape index (κ2) is 5.92. The number of carboxylic acids is 1. The molecule has 116 valence electrons. The van der Waals surface area contributed by atoms with Crippen LogP contribution in [0.3, 0.4) is 0 Å². The van der Waals surface area contributed by atoms with Gasteiger partial charge in [0.1, 0.15) is 11.3 Å². The molecule has 2 heterocycles. The molecule has 3 N–H and O–H groups in total. The number of primary amides is 1. The number of pyridine rings is 1. The lowest BCUT2D eigenvalue weighted by Crippen LogP contribution is -2.16. The Hall–Kier alpha value is -3.15. The van der Waals surface area contributed by atoms with E-state index in [9.17, 15) is 9.59 Å². The molecule has 0 spiro atoms. The highest BCUT2D eigenvalue weighted by molar-refractivity contribution is 5.98. The van der Waals surface area contributed by atoms with E-state index < -0.39 is 11.9 Å². The lowest BCUT2D eigenvalue weighted by atomic mass is 10.1. The van der Waals surface area contributed by atoms with Gasteiger partial charge in [-0.2, -0.15) is 0 Å². The molecule has 3 rings (SSSR count). The fourth-order valence-corrected chi connectivity index (χ4v) is 2.58. The van der Waals surface area contributed by atoms with Gasteiger partial charge in [-0.05, 0) is 42.3 Å². The van der Waals surface area contributed by atoms with Crippen LogP contribution >= 0.6 is 0 Å². The molecule has 6 nitrogen and oxygen atoms in total. The number of aliphatic carboxylic acids is 1. The van der Waals surface area contributed by atoms with Crippen molar-refractivity contribution in [2.75, 3.05) is 0 Å². The molecule has 0 bridgehead atoms. The number of amides is 1. The maximum Gasteiger partial charge on any atom is 0.303 e. The SMILES string of the molecule is NC(=O)c1cc2cccnc2n1-c1cccc(CCC(=O)O)c1. The molecule has 3 aromatic rings. The fraction of sp³-hybridized carbons (Fsp3) is 0.118. The first-order valence-corrected chi connectivity index (χ1v) is 7.13. The largest absolute Gasteiger partial charge is 0.481 e. The summed E-state index contributed by atoms with van der Waals surface area (Å²) >= 11 is 0. The van der Waals surface area contributed by atoms with Crippen molar-refractivity contribution in [2.45, 2.75) is 12.8 Å². The number of hydrogen-bond acceptors (Lipinski definition) is 3. The van der Waals surface area contributed by atoms with E-state index in [1.807, 2.05) is 30.3 Å². The number of carboxylic acid groups (broad SMARTS) is 1. The van der Waals surface area contributed by atoms with Gasteiger partial charge in [0.2, 0.25) is 0 Å². The lowest BCUT2D eigenvalue weighted by molar-refractivity contribution is -0.136. The van der Waals surface area contributed by atoms with Gasteiger partial charge in [-0.3, -0.25) is 14.2 Å². The Labute approximate surface area is 132 Å². The molecule has 0 saturated carbocycles. The first-order chi connectivity index (χ1) is 11.1. The third kappa shape index (κ3) is 2.91. The number of carbonyl (C=O) groups is 2. The van der Waals surface area contributed by atoms with Crippen molar-refractivity contribution in [1.82, 2.24) is 9.55 Å². The van der Waals surface area contributed by atoms with Crippen LogP contribution in [0.4, 0.5) is 0 Å².